The fraction of sp³-hybridized carbons (Fsp3) is 0. The lowest BCUT2D eigenvalue weighted by atomic mass is 10.3. The number of fused-ring (bicyclic) bond motifs is 2. The molecule has 0 amide bonds. The summed E-state index contributed by atoms with van der Waals surface area (Å²) < 4.78 is 5.67. The Morgan fingerprint density at radius 3 is 2.71 bits per heavy atom. The monoisotopic (exact) mass is 294 g/mol. The maximum absolute atomic E-state index is 5.73. The molecule has 0 aliphatic heterocycles. The summed E-state index contributed by atoms with van der Waals surface area (Å²) >= 11 is 1.34. The Morgan fingerprint density at radius 2 is 1.81 bits per heavy atom. The smallest absolute Gasteiger partial charge is 0.263 e. The number of rotatable bonds is 2. The largest absolute Gasteiger partial charge is 0.431 e. The van der Waals surface area contributed by atoms with Crippen molar-refractivity contribution in [3.63, 3.8) is 0 Å². The van der Waals surface area contributed by atoms with Gasteiger partial charge in [0.15, 0.2) is 5.58 Å². The number of nitrogens with two attached hydrogens (primary N) is 1. The molecule has 0 bridgehead atoms. The van der Waals surface area contributed by atoms with Gasteiger partial charge in [-0.3, -0.25) is 4.98 Å². The van der Waals surface area contributed by atoms with Crippen LogP contribution in [0.2, 0.25) is 0 Å². The lowest BCUT2D eigenvalue weighted by Gasteiger charge is -1.98. The van der Waals surface area contributed by atoms with Gasteiger partial charge in [-0.15, -0.1) is 0 Å². The molecule has 0 radical (unpaired) electrons. The third kappa shape index (κ3) is 2.30. The maximum Gasteiger partial charge on any atom is 0.263 e. The zero-order chi connectivity index (χ0) is 14.2. The Bertz CT molecular complexity index is 951. The number of nitrogen functional groups attached to an aromatic ring is 1. The number of oxazole rings is 1. The fourth-order valence-electron chi connectivity index (χ4n) is 2.04. The summed E-state index contributed by atoms with van der Waals surface area (Å²) in [7, 11) is 0. The molecule has 4 rings (SSSR count). The Labute approximate surface area is 124 Å². The van der Waals surface area contributed by atoms with E-state index >= 15 is 0 Å². The molecule has 0 atom stereocenters. The van der Waals surface area contributed by atoms with Gasteiger partial charge in [0.05, 0.1) is 17.2 Å². The molecule has 2 aromatic carbocycles. The molecule has 102 valence electrons. The first kappa shape index (κ1) is 12.2. The predicted octanol–water partition coefficient (Wildman–Crippen LogP) is 3.50. The van der Waals surface area contributed by atoms with Gasteiger partial charge in [0.25, 0.3) is 5.22 Å². The molecule has 6 heteroatoms. The van der Waals surface area contributed by atoms with Crippen LogP contribution in [0.5, 0.6) is 0 Å². The second kappa shape index (κ2) is 4.75. The third-order valence-electron chi connectivity index (χ3n) is 3.01. The van der Waals surface area contributed by atoms with E-state index in [1.807, 2.05) is 30.3 Å². The van der Waals surface area contributed by atoms with Crippen LogP contribution in [0.3, 0.4) is 0 Å². The standard InChI is InChI=1S/C15H10N4OS/c16-9-5-6-12-13(7-9)20-15(19-12)21-14-8-17-10-3-1-2-4-11(10)18-14/h1-8H,16H2. The van der Waals surface area contributed by atoms with E-state index in [0.717, 1.165) is 21.6 Å². The first-order valence-electron chi connectivity index (χ1n) is 6.34. The predicted molar refractivity (Wildman–Crippen MR) is 82.1 cm³/mol. The van der Waals surface area contributed by atoms with E-state index in [1.54, 1.807) is 18.3 Å². The van der Waals surface area contributed by atoms with Crippen molar-refractivity contribution in [3.05, 3.63) is 48.7 Å². The van der Waals surface area contributed by atoms with Crippen LogP contribution in [0.1, 0.15) is 0 Å². The van der Waals surface area contributed by atoms with Crippen molar-refractivity contribution in [2.45, 2.75) is 10.2 Å². The van der Waals surface area contributed by atoms with Crippen LogP contribution in [-0.2, 0) is 0 Å². The first-order chi connectivity index (χ1) is 10.3. The summed E-state index contributed by atoms with van der Waals surface area (Å²) in [6.07, 6.45) is 1.72. The quantitative estimate of drug-likeness (QED) is 0.570. The lowest BCUT2D eigenvalue weighted by molar-refractivity contribution is 0.489. The number of para-hydroxylation sites is 2. The SMILES string of the molecule is Nc1ccc2nc(Sc3cnc4ccccc4n3)oc2c1. The van der Waals surface area contributed by atoms with Gasteiger partial charge in [-0.2, -0.15) is 0 Å². The van der Waals surface area contributed by atoms with Crippen molar-refractivity contribution in [1.82, 2.24) is 15.0 Å². The zero-order valence-electron chi connectivity index (χ0n) is 10.9. The Kier molecular flexibility index (Phi) is 2.75. The Morgan fingerprint density at radius 1 is 0.952 bits per heavy atom. The molecule has 4 aromatic rings. The van der Waals surface area contributed by atoms with Crippen LogP contribution >= 0.6 is 11.8 Å². The first-order valence-corrected chi connectivity index (χ1v) is 7.15. The number of hydrogen-bond acceptors (Lipinski definition) is 6. The normalized spacial score (nSPS) is 11.2. The maximum atomic E-state index is 5.73. The number of anilines is 1. The molecule has 0 aliphatic rings. The van der Waals surface area contributed by atoms with Crippen LogP contribution in [-0.4, -0.2) is 15.0 Å². The minimum absolute atomic E-state index is 0.528. The van der Waals surface area contributed by atoms with Crippen molar-refractivity contribution in [3.8, 4) is 0 Å². The van der Waals surface area contributed by atoms with Gasteiger partial charge in [-0.05, 0) is 36.0 Å². The van der Waals surface area contributed by atoms with E-state index < -0.39 is 0 Å². The zero-order valence-corrected chi connectivity index (χ0v) is 11.7. The van der Waals surface area contributed by atoms with Crippen LogP contribution in [0.4, 0.5) is 5.69 Å². The highest BCUT2D eigenvalue weighted by Crippen LogP contribution is 2.29. The minimum atomic E-state index is 0.528. The van der Waals surface area contributed by atoms with E-state index in [-0.39, 0.29) is 0 Å². The van der Waals surface area contributed by atoms with Crippen molar-refractivity contribution in [2.75, 3.05) is 5.73 Å². The van der Waals surface area contributed by atoms with E-state index in [9.17, 15) is 0 Å². The average molecular weight is 294 g/mol. The molecule has 0 unspecified atom stereocenters. The molecule has 5 nitrogen and oxygen atoms in total. The van der Waals surface area contributed by atoms with Crippen LogP contribution in [0.15, 0.2) is 63.3 Å². The van der Waals surface area contributed by atoms with Gasteiger partial charge >= 0.3 is 0 Å². The number of benzene rings is 2. The summed E-state index contributed by atoms with van der Waals surface area (Å²) in [5, 5.41) is 1.27. The van der Waals surface area contributed by atoms with Crippen molar-refractivity contribution < 1.29 is 4.42 Å². The van der Waals surface area contributed by atoms with Crippen molar-refractivity contribution in [1.29, 1.82) is 0 Å². The molecule has 0 fully saturated rings. The number of nitrogens with zero attached hydrogens (tertiary/aromatic N) is 3. The number of hydrogen-bond donors (Lipinski definition) is 1. The van der Waals surface area contributed by atoms with Crippen molar-refractivity contribution >= 4 is 39.6 Å². The summed E-state index contributed by atoms with van der Waals surface area (Å²) in [5.74, 6) is 0. The molecular formula is C15H10N4OS. The molecule has 0 spiro atoms. The van der Waals surface area contributed by atoms with Gasteiger partial charge in [-0.25, -0.2) is 9.97 Å². The summed E-state index contributed by atoms with van der Waals surface area (Å²) in [6.45, 7) is 0. The van der Waals surface area contributed by atoms with Gasteiger partial charge in [0, 0.05) is 11.8 Å². The molecule has 2 N–H and O–H groups in total. The number of aromatic nitrogens is 3. The molecule has 0 saturated carbocycles. The summed E-state index contributed by atoms with van der Waals surface area (Å²) in [6, 6.07) is 13.1. The molecule has 2 heterocycles. The van der Waals surface area contributed by atoms with E-state index in [1.165, 1.54) is 11.8 Å². The van der Waals surface area contributed by atoms with Gasteiger partial charge in [0.1, 0.15) is 10.5 Å². The third-order valence-corrected chi connectivity index (χ3v) is 3.77. The summed E-state index contributed by atoms with van der Waals surface area (Å²) in [4.78, 5) is 13.3. The van der Waals surface area contributed by atoms with E-state index in [4.69, 9.17) is 10.2 Å². The van der Waals surface area contributed by atoms with Gasteiger partial charge < -0.3 is 10.2 Å². The van der Waals surface area contributed by atoms with Gasteiger partial charge in [-0.1, -0.05) is 12.1 Å². The second-order valence-electron chi connectivity index (χ2n) is 4.51. The summed E-state index contributed by atoms with van der Waals surface area (Å²) in [5.41, 5.74) is 9.55. The van der Waals surface area contributed by atoms with Crippen LogP contribution < -0.4 is 5.73 Å². The highest BCUT2D eigenvalue weighted by atomic mass is 32.2. The molecule has 2 aromatic heterocycles. The van der Waals surface area contributed by atoms with Crippen LogP contribution in [0, 0.1) is 0 Å². The molecule has 0 saturated heterocycles. The highest BCUT2D eigenvalue weighted by molar-refractivity contribution is 7.99. The van der Waals surface area contributed by atoms with Gasteiger partial charge in [0.2, 0.25) is 0 Å². The Balaban J connectivity index is 1.71. The van der Waals surface area contributed by atoms with Crippen LogP contribution in [0.25, 0.3) is 22.1 Å². The molecular weight excluding hydrogens is 284 g/mol. The highest BCUT2D eigenvalue weighted by Gasteiger charge is 2.09. The lowest BCUT2D eigenvalue weighted by Crippen LogP contribution is -1.86. The minimum Gasteiger partial charge on any atom is -0.431 e. The Hall–Kier alpha value is -2.60. The molecule has 0 aliphatic carbocycles. The van der Waals surface area contributed by atoms with Crippen molar-refractivity contribution in [2.24, 2.45) is 0 Å². The van der Waals surface area contributed by atoms with E-state index in [0.29, 0.717) is 16.5 Å². The second-order valence-corrected chi connectivity index (χ2v) is 5.48. The topological polar surface area (TPSA) is 77.8 Å². The average Bonchev–Trinajstić information content (AvgIpc) is 2.88. The molecule has 21 heavy (non-hydrogen) atoms. The van der Waals surface area contributed by atoms with E-state index in [2.05, 4.69) is 15.0 Å². The fourth-order valence-corrected chi connectivity index (χ4v) is 2.75.